The van der Waals surface area contributed by atoms with Crippen LogP contribution in [0, 0.1) is 10.1 Å². The molecule has 7 heteroatoms. The van der Waals surface area contributed by atoms with E-state index in [9.17, 15) is 10.1 Å². The smallest absolute Gasteiger partial charge is 0.292 e. The highest BCUT2D eigenvalue weighted by Crippen LogP contribution is 2.26. The molecule has 17 heavy (non-hydrogen) atoms. The lowest BCUT2D eigenvalue weighted by Gasteiger charge is -1.99. The number of aromatic nitrogens is 3. The number of nitrogen functional groups attached to an aromatic ring is 1. The minimum atomic E-state index is -0.522. The molecule has 3 N–H and O–H groups in total. The molecule has 1 aromatic carbocycles. The zero-order valence-electron chi connectivity index (χ0n) is 9.17. The molecule has 0 amide bonds. The van der Waals surface area contributed by atoms with Gasteiger partial charge in [0.05, 0.1) is 4.92 Å². The van der Waals surface area contributed by atoms with Gasteiger partial charge in [-0.15, -0.1) is 0 Å². The van der Waals surface area contributed by atoms with E-state index < -0.39 is 4.92 Å². The number of nitrogens with two attached hydrogens (primary N) is 1. The second-order valence-electron chi connectivity index (χ2n) is 3.49. The number of rotatable bonds is 3. The molecule has 0 aliphatic heterocycles. The van der Waals surface area contributed by atoms with Crippen LogP contribution in [-0.2, 0) is 6.42 Å². The summed E-state index contributed by atoms with van der Waals surface area (Å²) in [5, 5.41) is 17.5. The summed E-state index contributed by atoms with van der Waals surface area (Å²) in [6, 6.07) is 4.51. The number of hydrogen-bond donors (Lipinski definition) is 2. The normalized spacial score (nSPS) is 10.4. The highest BCUT2D eigenvalue weighted by atomic mass is 16.6. The van der Waals surface area contributed by atoms with E-state index in [-0.39, 0.29) is 11.4 Å². The second kappa shape index (κ2) is 4.20. The Bertz CT molecular complexity index is 564. The molecule has 88 valence electrons. The van der Waals surface area contributed by atoms with Crippen LogP contribution >= 0.6 is 0 Å². The number of nitro groups is 1. The van der Waals surface area contributed by atoms with E-state index in [0.717, 1.165) is 12.2 Å². The largest absolute Gasteiger partial charge is 0.393 e. The number of H-pyrrole nitrogens is 1. The molecule has 0 fully saturated rings. The van der Waals surface area contributed by atoms with Crippen LogP contribution in [0.1, 0.15) is 12.7 Å². The van der Waals surface area contributed by atoms with Gasteiger partial charge in [0.1, 0.15) is 11.5 Å². The number of aryl methyl sites for hydroxylation is 1. The molecule has 0 unspecified atom stereocenters. The third kappa shape index (κ3) is 2.07. The number of anilines is 1. The molecule has 0 aliphatic carbocycles. The van der Waals surface area contributed by atoms with Gasteiger partial charge in [0.15, 0.2) is 5.82 Å². The van der Waals surface area contributed by atoms with Crippen LogP contribution in [0.15, 0.2) is 18.2 Å². The number of nitrogens with one attached hydrogen (secondary N) is 1. The van der Waals surface area contributed by atoms with E-state index in [0.29, 0.717) is 11.4 Å². The number of benzene rings is 1. The van der Waals surface area contributed by atoms with Crippen LogP contribution in [0.2, 0.25) is 0 Å². The van der Waals surface area contributed by atoms with E-state index in [2.05, 4.69) is 15.2 Å². The Balaban J connectivity index is 2.46. The molecular weight excluding hydrogens is 222 g/mol. The van der Waals surface area contributed by atoms with Crippen molar-refractivity contribution in [2.75, 3.05) is 5.73 Å². The molecule has 0 saturated carbocycles. The van der Waals surface area contributed by atoms with Crippen molar-refractivity contribution in [3.05, 3.63) is 34.1 Å². The summed E-state index contributed by atoms with van der Waals surface area (Å²) in [5.74, 6) is 1.17. The van der Waals surface area contributed by atoms with E-state index in [4.69, 9.17) is 5.73 Å². The van der Waals surface area contributed by atoms with Crippen molar-refractivity contribution in [1.29, 1.82) is 0 Å². The van der Waals surface area contributed by atoms with Crippen molar-refractivity contribution in [3.63, 3.8) is 0 Å². The summed E-state index contributed by atoms with van der Waals surface area (Å²) in [7, 11) is 0. The number of nitrogens with zero attached hydrogens (tertiary/aromatic N) is 3. The molecule has 1 heterocycles. The Kier molecular flexibility index (Phi) is 2.73. The number of nitro benzene ring substituents is 1. The summed E-state index contributed by atoms with van der Waals surface area (Å²) >= 11 is 0. The summed E-state index contributed by atoms with van der Waals surface area (Å²) in [6.45, 7) is 1.94. The first-order chi connectivity index (χ1) is 8.11. The zero-order valence-corrected chi connectivity index (χ0v) is 9.17. The van der Waals surface area contributed by atoms with Crippen molar-refractivity contribution in [3.8, 4) is 11.4 Å². The topological polar surface area (TPSA) is 111 Å². The van der Waals surface area contributed by atoms with Gasteiger partial charge in [-0.3, -0.25) is 15.2 Å². The van der Waals surface area contributed by atoms with Crippen molar-refractivity contribution < 1.29 is 4.92 Å². The lowest BCUT2D eigenvalue weighted by molar-refractivity contribution is -0.383. The first-order valence-corrected chi connectivity index (χ1v) is 5.07. The highest BCUT2D eigenvalue weighted by Gasteiger charge is 2.14. The zero-order chi connectivity index (χ0) is 12.4. The van der Waals surface area contributed by atoms with Gasteiger partial charge >= 0.3 is 0 Å². The van der Waals surface area contributed by atoms with Gasteiger partial charge in [0.2, 0.25) is 0 Å². The van der Waals surface area contributed by atoms with Crippen LogP contribution < -0.4 is 5.73 Å². The summed E-state index contributed by atoms with van der Waals surface area (Å²) in [5.41, 5.74) is 6.08. The van der Waals surface area contributed by atoms with Gasteiger partial charge in [-0.05, 0) is 12.1 Å². The molecule has 7 nitrogen and oxygen atoms in total. The van der Waals surface area contributed by atoms with Crippen LogP contribution in [0.5, 0.6) is 0 Å². The van der Waals surface area contributed by atoms with Gasteiger partial charge in [-0.2, -0.15) is 5.10 Å². The number of aromatic amines is 1. The van der Waals surface area contributed by atoms with Crippen molar-refractivity contribution in [2.24, 2.45) is 0 Å². The summed E-state index contributed by atoms with van der Waals surface area (Å²) < 4.78 is 0. The van der Waals surface area contributed by atoms with Gasteiger partial charge in [-0.1, -0.05) is 6.92 Å². The Morgan fingerprint density at radius 2 is 2.29 bits per heavy atom. The van der Waals surface area contributed by atoms with E-state index in [1.54, 1.807) is 6.07 Å². The molecule has 0 aliphatic rings. The average molecular weight is 233 g/mol. The Hall–Kier alpha value is -2.44. The standard InChI is InChI=1S/C10H11N5O2/c1-2-9-12-10(14-13-9)6-3-4-7(11)8(5-6)15(16)17/h3-5H,2,11H2,1H3,(H,12,13,14). The van der Waals surface area contributed by atoms with Crippen molar-refractivity contribution in [1.82, 2.24) is 15.2 Å². The summed E-state index contributed by atoms with van der Waals surface area (Å²) in [6.07, 6.45) is 0.726. The van der Waals surface area contributed by atoms with Gasteiger partial charge in [-0.25, -0.2) is 4.98 Å². The molecule has 2 rings (SSSR count). The molecule has 0 radical (unpaired) electrons. The first kappa shape index (κ1) is 11.1. The maximum atomic E-state index is 10.7. The quantitative estimate of drug-likeness (QED) is 0.474. The second-order valence-corrected chi connectivity index (χ2v) is 3.49. The predicted octanol–water partition coefficient (Wildman–Crippen LogP) is 1.52. The third-order valence-corrected chi connectivity index (χ3v) is 2.35. The fraction of sp³-hybridized carbons (Fsp3) is 0.200. The first-order valence-electron chi connectivity index (χ1n) is 5.07. The average Bonchev–Trinajstić information content (AvgIpc) is 2.78. The summed E-state index contributed by atoms with van der Waals surface area (Å²) in [4.78, 5) is 14.4. The molecule has 2 aromatic rings. The Labute approximate surface area is 96.8 Å². The van der Waals surface area contributed by atoms with Crippen LogP contribution in [0.3, 0.4) is 0 Å². The maximum absolute atomic E-state index is 10.7. The molecule has 0 atom stereocenters. The third-order valence-electron chi connectivity index (χ3n) is 2.35. The minimum Gasteiger partial charge on any atom is -0.393 e. The van der Waals surface area contributed by atoms with Crippen molar-refractivity contribution in [2.45, 2.75) is 13.3 Å². The van der Waals surface area contributed by atoms with Crippen LogP contribution in [0.25, 0.3) is 11.4 Å². The van der Waals surface area contributed by atoms with E-state index in [1.807, 2.05) is 6.92 Å². The lowest BCUT2D eigenvalue weighted by Crippen LogP contribution is -1.96. The fourth-order valence-electron chi connectivity index (χ4n) is 1.42. The SMILES string of the molecule is CCc1nc(-c2ccc(N)c([N+](=O)[O-])c2)n[nH]1. The molecule has 0 saturated heterocycles. The highest BCUT2D eigenvalue weighted by molar-refractivity contribution is 5.68. The van der Waals surface area contributed by atoms with Crippen molar-refractivity contribution >= 4 is 11.4 Å². The molecule has 0 bridgehead atoms. The van der Waals surface area contributed by atoms with Crippen LogP contribution in [0.4, 0.5) is 11.4 Å². The predicted molar refractivity (Wildman–Crippen MR) is 62.3 cm³/mol. The molecular formula is C10H11N5O2. The Morgan fingerprint density at radius 1 is 1.53 bits per heavy atom. The van der Waals surface area contributed by atoms with Gasteiger partial charge in [0.25, 0.3) is 5.69 Å². The minimum absolute atomic E-state index is 0.130. The van der Waals surface area contributed by atoms with E-state index >= 15 is 0 Å². The molecule has 1 aromatic heterocycles. The van der Waals surface area contributed by atoms with Crippen LogP contribution in [-0.4, -0.2) is 20.1 Å². The Morgan fingerprint density at radius 3 is 2.88 bits per heavy atom. The molecule has 0 spiro atoms. The lowest BCUT2D eigenvalue weighted by atomic mass is 10.1. The monoisotopic (exact) mass is 233 g/mol. The van der Waals surface area contributed by atoms with Gasteiger partial charge < -0.3 is 5.73 Å². The number of hydrogen-bond acceptors (Lipinski definition) is 5. The maximum Gasteiger partial charge on any atom is 0.292 e. The van der Waals surface area contributed by atoms with Gasteiger partial charge in [0, 0.05) is 18.1 Å². The van der Waals surface area contributed by atoms with E-state index in [1.165, 1.54) is 12.1 Å². The fourth-order valence-corrected chi connectivity index (χ4v) is 1.42.